The molecule has 148 valence electrons. The van der Waals surface area contributed by atoms with Crippen LogP contribution in [0, 0.1) is 0 Å². The minimum atomic E-state index is -3.72. The Hall–Kier alpha value is -2.68. The van der Waals surface area contributed by atoms with Gasteiger partial charge in [0.25, 0.3) is 5.91 Å². The van der Waals surface area contributed by atoms with Crippen LogP contribution in [-0.2, 0) is 22.4 Å². The summed E-state index contributed by atoms with van der Waals surface area (Å²) in [5.41, 5.74) is 1.42. The molecule has 28 heavy (non-hydrogen) atoms. The van der Waals surface area contributed by atoms with Gasteiger partial charge in [0.2, 0.25) is 0 Å². The van der Waals surface area contributed by atoms with Crippen LogP contribution in [0.5, 0.6) is 11.5 Å². The predicted octanol–water partition coefficient (Wildman–Crippen LogP) is 4.13. The first-order valence-corrected chi connectivity index (χ1v) is 9.70. The second-order valence-corrected chi connectivity index (χ2v) is 7.71. The van der Waals surface area contributed by atoms with Crippen LogP contribution in [0.1, 0.15) is 39.4 Å². The van der Waals surface area contributed by atoms with Crippen molar-refractivity contribution in [1.82, 2.24) is 0 Å². The van der Waals surface area contributed by atoms with Crippen molar-refractivity contribution in [3.05, 3.63) is 39.6 Å². The number of hydrogen-bond donors (Lipinski definition) is 1. The third-order valence-electron chi connectivity index (χ3n) is 4.47. The summed E-state index contributed by atoms with van der Waals surface area (Å²) in [6, 6.07) is 5.71. The van der Waals surface area contributed by atoms with Crippen LogP contribution >= 0.6 is 11.3 Å². The lowest BCUT2D eigenvalue weighted by Gasteiger charge is -2.06. The van der Waals surface area contributed by atoms with Gasteiger partial charge in [0.05, 0.1) is 0 Å². The first kappa shape index (κ1) is 18.7. The van der Waals surface area contributed by atoms with E-state index in [0.717, 1.165) is 25.7 Å². The molecule has 6 nitrogen and oxygen atoms in total. The molecular weight excluding hydrogens is 392 g/mol. The lowest BCUT2D eigenvalue weighted by atomic mass is 10.1. The number of rotatable bonds is 4. The van der Waals surface area contributed by atoms with E-state index < -0.39 is 24.8 Å². The molecule has 0 unspecified atom stereocenters. The molecule has 2 aliphatic rings. The molecule has 1 aliphatic heterocycles. The van der Waals surface area contributed by atoms with Crippen LogP contribution in [0.2, 0.25) is 0 Å². The fraction of sp³-hybridized carbons (Fsp3) is 0.368. The van der Waals surface area contributed by atoms with Crippen LogP contribution in [0.15, 0.2) is 24.3 Å². The Bertz CT molecular complexity index is 904. The fourth-order valence-corrected chi connectivity index (χ4v) is 4.34. The summed E-state index contributed by atoms with van der Waals surface area (Å²) in [5.74, 6) is -1.43. The Balaban J connectivity index is 1.32. The summed E-state index contributed by atoms with van der Waals surface area (Å²) in [6.45, 7) is -0.480. The first-order valence-electron chi connectivity index (χ1n) is 8.88. The van der Waals surface area contributed by atoms with Crippen molar-refractivity contribution in [2.45, 2.75) is 38.4 Å². The average molecular weight is 409 g/mol. The maximum Gasteiger partial charge on any atom is 0.586 e. The fourth-order valence-electron chi connectivity index (χ4n) is 3.19. The van der Waals surface area contributed by atoms with Crippen molar-refractivity contribution >= 4 is 28.9 Å². The molecule has 0 radical (unpaired) electrons. The molecule has 4 rings (SSSR count). The first-order chi connectivity index (χ1) is 13.4. The van der Waals surface area contributed by atoms with Gasteiger partial charge in [0, 0.05) is 16.6 Å². The topological polar surface area (TPSA) is 73.9 Å². The lowest BCUT2D eigenvalue weighted by Crippen LogP contribution is -2.25. The highest BCUT2D eigenvalue weighted by atomic mass is 32.1. The van der Waals surface area contributed by atoms with E-state index in [-0.39, 0.29) is 17.2 Å². The zero-order valence-electron chi connectivity index (χ0n) is 14.8. The molecule has 0 atom stereocenters. The third kappa shape index (κ3) is 4.09. The normalized spacial score (nSPS) is 16.8. The summed E-state index contributed by atoms with van der Waals surface area (Å²) in [4.78, 5) is 25.9. The Morgan fingerprint density at radius 3 is 2.75 bits per heavy atom. The Kier molecular flexibility index (Phi) is 4.92. The van der Waals surface area contributed by atoms with E-state index in [1.54, 1.807) is 0 Å². The maximum atomic E-state index is 13.0. The van der Waals surface area contributed by atoms with E-state index >= 15 is 0 Å². The van der Waals surface area contributed by atoms with Gasteiger partial charge in [-0.3, -0.25) is 4.79 Å². The Morgan fingerprint density at radius 1 is 1.11 bits per heavy atom. The van der Waals surface area contributed by atoms with Crippen molar-refractivity contribution in [3.63, 3.8) is 0 Å². The predicted molar refractivity (Wildman–Crippen MR) is 97.1 cm³/mol. The molecule has 0 bridgehead atoms. The molecule has 1 aromatic carbocycles. The molecule has 1 aliphatic carbocycles. The SMILES string of the molecule is O=C(COC(=O)c1cc2c(s1)CCCCC2)Nc1ccc2c(c1)OC(F)(F)O2. The van der Waals surface area contributed by atoms with E-state index in [0.29, 0.717) is 4.88 Å². The third-order valence-corrected chi connectivity index (χ3v) is 5.68. The van der Waals surface area contributed by atoms with Crippen molar-refractivity contribution in [2.24, 2.45) is 0 Å². The molecule has 0 spiro atoms. The molecular formula is C19H17F2NO5S. The van der Waals surface area contributed by atoms with E-state index in [2.05, 4.69) is 14.8 Å². The number of ether oxygens (including phenoxy) is 3. The van der Waals surface area contributed by atoms with Gasteiger partial charge in [0.15, 0.2) is 18.1 Å². The smallest absolute Gasteiger partial charge is 0.451 e. The number of anilines is 1. The maximum absolute atomic E-state index is 13.0. The Morgan fingerprint density at radius 2 is 1.89 bits per heavy atom. The zero-order chi connectivity index (χ0) is 19.7. The standard InChI is InChI=1S/C19H17F2NO5S/c20-19(21)26-13-7-6-12(9-14(13)27-19)22-17(23)10-25-18(24)16-8-11-4-2-1-3-5-15(11)28-16/h6-9H,1-5,10H2,(H,22,23). The van der Waals surface area contributed by atoms with Gasteiger partial charge in [-0.25, -0.2) is 4.79 Å². The van der Waals surface area contributed by atoms with Crippen molar-refractivity contribution < 1.29 is 32.6 Å². The van der Waals surface area contributed by atoms with Crippen molar-refractivity contribution in [3.8, 4) is 11.5 Å². The van der Waals surface area contributed by atoms with E-state index in [1.165, 1.54) is 46.4 Å². The van der Waals surface area contributed by atoms with Gasteiger partial charge in [-0.15, -0.1) is 20.1 Å². The molecule has 1 aromatic heterocycles. The molecule has 2 heterocycles. The summed E-state index contributed by atoms with van der Waals surface area (Å²) in [6.07, 6.45) is 1.63. The highest BCUT2D eigenvalue weighted by molar-refractivity contribution is 7.14. The number of hydrogen-bond acceptors (Lipinski definition) is 6. The molecule has 1 amide bonds. The average Bonchev–Trinajstić information content (AvgIpc) is 3.10. The number of carbonyl (C=O) groups is 2. The van der Waals surface area contributed by atoms with E-state index in [1.807, 2.05) is 6.07 Å². The summed E-state index contributed by atoms with van der Waals surface area (Å²) in [7, 11) is 0. The summed E-state index contributed by atoms with van der Waals surface area (Å²) in [5, 5.41) is 2.47. The second-order valence-electron chi connectivity index (χ2n) is 6.57. The van der Waals surface area contributed by atoms with E-state index in [4.69, 9.17) is 4.74 Å². The van der Waals surface area contributed by atoms with Crippen LogP contribution in [-0.4, -0.2) is 24.8 Å². The molecule has 0 fully saturated rings. The van der Waals surface area contributed by atoms with Gasteiger partial charge in [-0.05, 0) is 49.4 Å². The lowest BCUT2D eigenvalue weighted by molar-refractivity contribution is -0.286. The number of alkyl halides is 2. The summed E-state index contributed by atoms with van der Waals surface area (Å²) < 4.78 is 39.7. The minimum Gasteiger partial charge on any atom is -0.451 e. The minimum absolute atomic E-state index is 0.119. The van der Waals surface area contributed by atoms with Crippen LogP contribution in [0.4, 0.5) is 14.5 Å². The number of benzene rings is 1. The number of aryl methyl sites for hydroxylation is 2. The number of nitrogens with one attached hydrogen (secondary N) is 1. The number of carbonyl (C=O) groups excluding carboxylic acids is 2. The van der Waals surface area contributed by atoms with Crippen molar-refractivity contribution in [1.29, 1.82) is 0 Å². The van der Waals surface area contributed by atoms with Crippen LogP contribution in [0.3, 0.4) is 0 Å². The van der Waals surface area contributed by atoms with Gasteiger partial charge >= 0.3 is 12.3 Å². The zero-order valence-corrected chi connectivity index (χ0v) is 15.6. The Labute approximate surface area is 163 Å². The quantitative estimate of drug-likeness (QED) is 0.607. The van der Waals surface area contributed by atoms with Gasteiger partial charge in [-0.1, -0.05) is 6.42 Å². The summed E-state index contributed by atoms with van der Waals surface area (Å²) >= 11 is 1.42. The van der Waals surface area contributed by atoms with E-state index in [9.17, 15) is 18.4 Å². The highest BCUT2D eigenvalue weighted by Gasteiger charge is 2.43. The number of thiophene rings is 1. The molecule has 9 heteroatoms. The number of amides is 1. The van der Waals surface area contributed by atoms with Gasteiger partial charge < -0.3 is 19.5 Å². The number of halogens is 2. The molecule has 2 aromatic rings. The molecule has 1 N–H and O–H groups in total. The molecule has 0 saturated heterocycles. The number of esters is 1. The second kappa shape index (κ2) is 7.38. The van der Waals surface area contributed by atoms with Crippen LogP contribution < -0.4 is 14.8 Å². The van der Waals surface area contributed by atoms with Gasteiger partial charge in [0.1, 0.15) is 4.88 Å². The van der Waals surface area contributed by atoms with Gasteiger partial charge in [-0.2, -0.15) is 0 Å². The monoisotopic (exact) mass is 409 g/mol. The highest BCUT2D eigenvalue weighted by Crippen LogP contribution is 2.42. The van der Waals surface area contributed by atoms with Crippen LogP contribution in [0.25, 0.3) is 0 Å². The van der Waals surface area contributed by atoms with Crippen molar-refractivity contribution in [2.75, 3.05) is 11.9 Å². The number of fused-ring (bicyclic) bond motifs is 2. The largest absolute Gasteiger partial charge is 0.586 e. The molecule has 0 saturated carbocycles.